The van der Waals surface area contributed by atoms with Gasteiger partial charge in [0.2, 0.25) is 5.91 Å². The molecular weight excluding hydrogens is 254 g/mol. The molecule has 2 aliphatic rings. The number of carbonyl (C=O) groups excluding carboxylic acids is 1. The van der Waals surface area contributed by atoms with Crippen LogP contribution in [0.15, 0.2) is 12.3 Å². The molecule has 2 saturated heterocycles. The summed E-state index contributed by atoms with van der Waals surface area (Å²) in [6.45, 7) is 4.52. The summed E-state index contributed by atoms with van der Waals surface area (Å²) in [5.41, 5.74) is 5.56. The van der Waals surface area contributed by atoms with Crippen molar-refractivity contribution in [3.05, 3.63) is 12.3 Å². The normalized spacial score (nSPS) is 21.5. The van der Waals surface area contributed by atoms with Crippen molar-refractivity contribution in [2.45, 2.75) is 38.3 Å². The van der Waals surface area contributed by atoms with Gasteiger partial charge in [0, 0.05) is 25.3 Å². The Hall–Kier alpha value is -1.56. The lowest BCUT2D eigenvalue weighted by molar-refractivity contribution is -0.133. The van der Waals surface area contributed by atoms with Crippen LogP contribution in [0.5, 0.6) is 0 Å². The highest BCUT2D eigenvalue weighted by Crippen LogP contribution is 2.21. The quantitative estimate of drug-likeness (QED) is 0.876. The molecule has 0 bridgehead atoms. The van der Waals surface area contributed by atoms with Crippen molar-refractivity contribution < 1.29 is 4.79 Å². The zero-order valence-electron chi connectivity index (χ0n) is 11.9. The number of piperidine rings is 1. The van der Waals surface area contributed by atoms with E-state index in [4.69, 9.17) is 5.73 Å². The molecule has 2 aliphatic heterocycles. The Labute approximate surface area is 119 Å². The van der Waals surface area contributed by atoms with Crippen LogP contribution in [-0.4, -0.2) is 57.7 Å². The number of hydrogen-bond acceptors (Lipinski definition) is 4. The van der Waals surface area contributed by atoms with Gasteiger partial charge in [-0.25, -0.2) is 0 Å². The Kier molecular flexibility index (Phi) is 3.91. The van der Waals surface area contributed by atoms with Gasteiger partial charge in [-0.05, 0) is 44.8 Å². The zero-order chi connectivity index (χ0) is 13.9. The van der Waals surface area contributed by atoms with Gasteiger partial charge in [0.05, 0.1) is 0 Å². The van der Waals surface area contributed by atoms with E-state index >= 15 is 0 Å². The van der Waals surface area contributed by atoms with Crippen LogP contribution in [0.1, 0.15) is 25.7 Å². The highest BCUT2D eigenvalue weighted by atomic mass is 16.2. The lowest BCUT2D eigenvalue weighted by Crippen LogP contribution is -2.46. The van der Waals surface area contributed by atoms with Gasteiger partial charge in [0.1, 0.15) is 12.4 Å². The van der Waals surface area contributed by atoms with Crippen LogP contribution >= 0.6 is 0 Å². The van der Waals surface area contributed by atoms with E-state index in [1.807, 2.05) is 4.90 Å². The molecule has 3 rings (SSSR count). The fourth-order valence-corrected chi connectivity index (χ4v) is 3.29. The van der Waals surface area contributed by atoms with E-state index < -0.39 is 0 Å². The first-order valence-electron chi connectivity index (χ1n) is 7.53. The first-order valence-corrected chi connectivity index (χ1v) is 7.53. The lowest BCUT2D eigenvalue weighted by Gasteiger charge is -2.36. The molecule has 0 aliphatic carbocycles. The first kappa shape index (κ1) is 13.4. The largest absolute Gasteiger partial charge is 0.382 e. The molecule has 0 spiro atoms. The Morgan fingerprint density at radius 2 is 1.95 bits per heavy atom. The van der Waals surface area contributed by atoms with Gasteiger partial charge in [-0.15, -0.1) is 0 Å². The summed E-state index contributed by atoms with van der Waals surface area (Å²) >= 11 is 0. The van der Waals surface area contributed by atoms with E-state index in [0.29, 0.717) is 18.4 Å². The van der Waals surface area contributed by atoms with Gasteiger partial charge < -0.3 is 15.5 Å². The number of nitrogen functional groups attached to an aromatic ring is 1. The maximum atomic E-state index is 12.2. The molecule has 0 aromatic carbocycles. The van der Waals surface area contributed by atoms with Gasteiger partial charge in [-0.3, -0.25) is 9.48 Å². The number of nitrogens with two attached hydrogens (primary N) is 1. The average molecular weight is 277 g/mol. The molecule has 2 N–H and O–H groups in total. The second-order valence-electron chi connectivity index (χ2n) is 5.79. The van der Waals surface area contributed by atoms with Crippen molar-refractivity contribution >= 4 is 11.7 Å². The minimum absolute atomic E-state index is 0.146. The molecular formula is C14H23N5O. The minimum Gasteiger partial charge on any atom is -0.382 e. The van der Waals surface area contributed by atoms with E-state index in [2.05, 4.69) is 10.00 Å². The van der Waals surface area contributed by atoms with Crippen LogP contribution in [-0.2, 0) is 11.3 Å². The van der Waals surface area contributed by atoms with Crippen LogP contribution in [0.25, 0.3) is 0 Å². The van der Waals surface area contributed by atoms with Gasteiger partial charge in [-0.2, -0.15) is 5.10 Å². The van der Waals surface area contributed by atoms with E-state index in [1.54, 1.807) is 16.9 Å². The second-order valence-corrected chi connectivity index (χ2v) is 5.79. The smallest absolute Gasteiger partial charge is 0.244 e. The van der Waals surface area contributed by atoms with Crippen LogP contribution in [0, 0.1) is 0 Å². The molecule has 6 nitrogen and oxygen atoms in total. The topological polar surface area (TPSA) is 67.4 Å². The molecule has 0 unspecified atom stereocenters. The number of nitrogens with zero attached hydrogens (tertiary/aromatic N) is 4. The highest BCUT2D eigenvalue weighted by molar-refractivity contribution is 5.76. The average Bonchev–Trinajstić information content (AvgIpc) is 3.11. The Morgan fingerprint density at radius 3 is 2.55 bits per heavy atom. The second kappa shape index (κ2) is 5.83. The number of amides is 1. The van der Waals surface area contributed by atoms with Gasteiger partial charge >= 0.3 is 0 Å². The van der Waals surface area contributed by atoms with Crippen LogP contribution in [0.4, 0.5) is 5.82 Å². The van der Waals surface area contributed by atoms with E-state index in [1.165, 1.54) is 25.9 Å². The van der Waals surface area contributed by atoms with Crippen molar-refractivity contribution in [3.63, 3.8) is 0 Å². The predicted molar refractivity (Wildman–Crippen MR) is 77.0 cm³/mol. The SMILES string of the molecule is Nc1ccn(CC(=O)N2CCC(N3CCCC3)CC2)n1. The maximum Gasteiger partial charge on any atom is 0.244 e. The Balaban J connectivity index is 1.48. The summed E-state index contributed by atoms with van der Waals surface area (Å²) < 4.78 is 1.62. The predicted octanol–water partition coefficient (Wildman–Crippen LogP) is 0.552. The summed E-state index contributed by atoms with van der Waals surface area (Å²) in [7, 11) is 0. The molecule has 3 heterocycles. The molecule has 0 atom stereocenters. The lowest BCUT2D eigenvalue weighted by atomic mass is 10.0. The minimum atomic E-state index is 0.146. The third kappa shape index (κ3) is 2.95. The Morgan fingerprint density at radius 1 is 1.25 bits per heavy atom. The van der Waals surface area contributed by atoms with Gasteiger partial charge in [0.15, 0.2) is 0 Å². The van der Waals surface area contributed by atoms with E-state index in [-0.39, 0.29) is 5.91 Å². The monoisotopic (exact) mass is 277 g/mol. The summed E-state index contributed by atoms with van der Waals surface area (Å²) in [5.74, 6) is 0.610. The van der Waals surface area contributed by atoms with Gasteiger partial charge in [-0.1, -0.05) is 0 Å². The van der Waals surface area contributed by atoms with Crippen LogP contribution in [0.2, 0.25) is 0 Å². The van der Waals surface area contributed by atoms with Crippen LogP contribution in [0.3, 0.4) is 0 Å². The van der Waals surface area contributed by atoms with Crippen molar-refractivity contribution in [2.75, 3.05) is 31.9 Å². The molecule has 1 aromatic heterocycles. The van der Waals surface area contributed by atoms with Crippen LogP contribution < -0.4 is 5.73 Å². The van der Waals surface area contributed by atoms with Crippen molar-refractivity contribution in [1.82, 2.24) is 19.6 Å². The summed E-state index contributed by atoms with van der Waals surface area (Å²) in [5, 5.41) is 4.06. The molecule has 1 amide bonds. The molecule has 0 radical (unpaired) electrons. The number of hydrogen-bond donors (Lipinski definition) is 1. The highest BCUT2D eigenvalue weighted by Gasteiger charge is 2.28. The van der Waals surface area contributed by atoms with Crippen molar-refractivity contribution in [2.24, 2.45) is 0 Å². The molecule has 20 heavy (non-hydrogen) atoms. The summed E-state index contributed by atoms with van der Waals surface area (Å²) in [6, 6.07) is 2.40. The number of likely N-dealkylation sites (tertiary alicyclic amines) is 2. The van der Waals surface area contributed by atoms with E-state index in [0.717, 1.165) is 25.9 Å². The fraction of sp³-hybridized carbons (Fsp3) is 0.714. The molecule has 1 aromatic rings. The summed E-state index contributed by atoms with van der Waals surface area (Å²) in [6.07, 6.45) is 6.63. The molecule has 2 fully saturated rings. The standard InChI is InChI=1S/C14H23N5O/c15-13-5-10-19(16-13)11-14(20)18-8-3-12(4-9-18)17-6-1-2-7-17/h5,10,12H,1-4,6-9,11H2,(H2,15,16). The van der Waals surface area contributed by atoms with E-state index in [9.17, 15) is 4.79 Å². The third-order valence-corrected chi connectivity index (χ3v) is 4.43. The zero-order valence-corrected chi connectivity index (χ0v) is 11.9. The fourth-order valence-electron chi connectivity index (χ4n) is 3.29. The first-order chi connectivity index (χ1) is 9.72. The Bertz CT molecular complexity index is 458. The molecule has 110 valence electrons. The third-order valence-electron chi connectivity index (χ3n) is 4.43. The number of aromatic nitrogens is 2. The van der Waals surface area contributed by atoms with Crippen molar-refractivity contribution in [1.29, 1.82) is 0 Å². The molecule has 6 heteroatoms. The maximum absolute atomic E-state index is 12.2. The number of rotatable bonds is 3. The van der Waals surface area contributed by atoms with Crippen molar-refractivity contribution in [3.8, 4) is 0 Å². The number of carbonyl (C=O) groups is 1. The molecule has 0 saturated carbocycles. The van der Waals surface area contributed by atoms with Gasteiger partial charge in [0.25, 0.3) is 0 Å². The number of anilines is 1. The summed E-state index contributed by atoms with van der Waals surface area (Å²) in [4.78, 5) is 16.8.